The van der Waals surface area contributed by atoms with Gasteiger partial charge in [0.1, 0.15) is 5.75 Å². The predicted octanol–water partition coefficient (Wildman–Crippen LogP) is 4.31. The summed E-state index contributed by atoms with van der Waals surface area (Å²) in [4.78, 5) is 2.56. The highest BCUT2D eigenvalue weighted by Crippen LogP contribution is 2.27. The van der Waals surface area contributed by atoms with Gasteiger partial charge in [-0.15, -0.1) is 0 Å². The number of benzene rings is 2. The Labute approximate surface area is 151 Å². The first-order chi connectivity index (χ1) is 12.1. The second-order valence-corrected chi connectivity index (χ2v) is 7.21. The van der Waals surface area contributed by atoms with Crippen molar-refractivity contribution in [3.63, 3.8) is 0 Å². The Morgan fingerprint density at radius 3 is 2.24 bits per heavy atom. The third-order valence-corrected chi connectivity index (χ3v) is 5.17. The first-order valence-electron chi connectivity index (χ1n) is 9.24. The quantitative estimate of drug-likeness (QED) is 0.851. The predicted molar refractivity (Wildman–Crippen MR) is 102 cm³/mol. The van der Waals surface area contributed by atoms with Gasteiger partial charge in [-0.2, -0.15) is 0 Å². The summed E-state index contributed by atoms with van der Waals surface area (Å²) in [7, 11) is 1.71. The first-order valence-corrected chi connectivity index (χ1v) is 9.24. The standard InChI is InChI=1S/C22H29NO2/c1-17-5-3-6-18(13-17)15-23(20-9-11-21(24)12-10-20)16-19-7-4-8-22(14-19)25-2/h3-8,13-14,20-21,24H,9-12,15-16H2,1-2H3. The van der Waals surface area contributed by atoms with Gasteiger partial charge in [0.05, 0.1) is 13.2 Å². The van der Waals surface area contributed by atoms with Crippen molar-refractivity contribution < 1.29 is 9.84 Å². The molecule has 3 heteroatoms. The van der Waals surface area contributed by atoms with Crippen LogP contribution in [-0.2, 0) is 13.1 Å². The average Bonchev–Trinajstić information content (AvgIpc) is 2.62. The largest absolute Gasteiger partial charge is 0.497 e. The molecule has 0 radical (unpaired) electrons. The van der Waals surface area contributed by atoms with Crippen molar-refractivity contribution in [2.45, 2.75) is 57.8 Å². The van der Waals surface area contributed by atoms with E-state index in [1.54, 1.807) is 7.11 Å². The fourth-order valence-corrected chi connectivity index (χ4v) is 3.79. The Morgan fingerprint density at radius 2 is 1.60 bits per heavy atom. The topological polar surface area (TPSA) is 32.7 Å². The van der Waals surface area contributed by atoms with E-state index in [0.717, 1.165) is 44.5 Å². The van der Waals surface area contributed by atoms with Gasteiger partial charge in [-0.1, -0.05) is 42.0 Å². The minimum Gasteiger partial charge on any atom is -0.497 e. The average molecular weight is 339 g/mol. The minimum atomic E-state index is -0.117. The van der Waals surface area contributed by atoms with Crippen LogP contribution < -0.4 is 4.74 Å². The van der Waals surface area contributed by atoms with Crippen LogP contribution in [0.15, 0.2) is 48.5 Å². The van der Waals surface area contributed by atoms with Crippen molar-refractivity contribution in [3.8, 4) is 5.75 Å². The van der Waals surface area contributed by atoms with Crippen LogP contribution in [-0.4, -0.2) is 29.3 Å². The molecule has 0 amide bonds. The Balaban J connectivity index is 1.78. The zero-order valence-electron chi connectivity index (χ0n) is 15.3. The molecule has 0 atom stereocenters. The van der Waals surface area contributed by atoms with E-state index in [2.05, 4.69) is 54.3 Å². The Bertz CT molecular complexity index is 677. The van der Waals surface area contributed by atoms with Crippen molar-refractivity contribution in [1.82, 2.24) is 4.90 Å². The van der Waals surface area contributed by atoms with Gasteiger partial charge in [-0.05, 0) is 55.9 Å². The second-order valence-electron chi connectivity index (χ2n) is 7.21. The third kappa shape index (κ3) is 5.07. The zero-order chi connectivity index (χ0) is 17.6. The number of hydrogen-bond acceptors (Lipinski definition) is 3. The molecule has 0 saturated heterocycles. The van der Waals surface area contributed by atoms with Crippen molar-refractivity contribution in [2.75, 3.05) is 7.11 Å². The molecule has 0 spiro atoms. The van der Waals surface area contributed by atoms with Crippen LogP contribution in [0.2, 0.25) is 0 Å². The van der Waals surface area contributed by atoms with Gasteiger partial charge in [0.2, 0.25) is 0 Å². The molecule has 134 valence electrons. The Kier molecular flexibility index (Phi) is 6.11. The van der Waals surface area contributed by atoms with Gasteiger partial charge in [0, 0.05) is 19.1 Å². The van der Waals surface area contributed by atoms with E-state index < -0.39 is 0 Å². The highest BCUT2D eigenvalue weighted by Gasteiger charge is 2.25. The van der Waals surface area contributed by atoms with Crippen molar-refractivity contribution in [2.24, 2.45) is 0 Å². The number of aliphatic hydroxyl groups is 1. The molecule has 0 aliphatic heterocycles. The van der Waals surface area contributed by atoms with Crippen molar-refractivity contribution in [3.05, 3.63) is 65.2 Å². The highest BCUT2D eigenvalue weighted by atomic mass is 16.5. The monoisotopic (exact) mass is 339 g/mol. The van der Waals surface area contributed by atoms with E-state index in [-0.39, 0.29) is 6.10 Å². The number of nitrogens with zero attached hydrogens (tertiary/aromatic N) is 1. The molecule has 1 saturated carbocycles. The fraction of sp³-hybridized carbons (Fsp3) is 0.455. The molecule has 1 aliphatic carbocycles. The van der Waals surface area contributed by atoms with E-state index in [0.29, 0.717) is 6.04 Å². The van der Waals surface area contributed by atoms with Gasteiger partial charge >= 0.3 is 0 Å². The van der Waals surface area contributed by atoms with Crippen LogP contribution in [0, 0.1) is 6.92 Å². The molecule has 0 heterocycles. The lowest BCUT2D eigenvalue weighted by Gasteiger charge is -2.36. The summed E-state index contributed by atoms with van der Waals surface area (Å²) < 4.78 is 5.38. The summed E-state index contributed by atoms with van der Waals surface area (Å²) in [5.74, 6) is 0.909. The Morgan fingerprint density at radius 1 is 0.960 bits per heavy atom. The highest BCUT2D eigenvalue weighted by molar-refractivity contribution is 5.29. The minimum absolute atomic E-state index is 0.117. The van der Waals surface area contributed by atoms with E-state index in [1.165, 1.54) is 16.7 Å². The van der Waals surface area contributed by atoms with Crippen LogP contribution in [0.4, 0.5) is 0 Å². The Hall–Kier alpha value is -1.84. The molecule has 3 rings (SSSR count). The van der Waals surface area contributed by atoms with Crippen LogP contribution in [0.3, 0.4) is 0 Å². The summed E-state index contributed by atoms with van der Waals surface area (Å²) >= 11 is 0. The molecule has 0 aromatic heterocycles. The molecule has 3 nitrogen and oxygen atoms in total. The van der Waals surface area contributed by atoms with Crippen LogP contribution in [0.5, 0.6) is 5.75 Å². The maximum atomic E-state index is 9.86. The second kappa shape index (κ2) is 8.50. The third-order valence-electron chi connectivity index (χ3n) is 5.17. The van der Waals surface area contributed by atoms with Gasteiger partial charge in [0.15, 0.2) is 0 Å². The number of hydrogen-bond donors (Lipinski definition) is 1. The summed E-state index contributed by atoms with van der Waals surface area (Å²) in [6, 6.07) is 17.6. The molecule has 2 aromatic carbocycles. The van der Waals surface area contributed by atoms with Crippen molar-refractivity contribution in [1.29, 1.82) is 0 Å². The molecule has 0 bridgehead atoms. The van der Waals surface area contributed by atoms with E-state index in [4.69, 9.17) is 4.74 Å². The maximum absolute atomic E-state index is 9.86. The number of ether oxygens (including phenoxy) is 1. The number of methoxy groups -OCH3 is 1. The molecule has 1 fully saturated rings. The smallest absolute Gasteiger partial charge is 0.119 e. The van der Waals surface area contributed by atoms with Crippen molar-refractivity contribution >= 4 is 0 Å². The van der Waals surface area contributed by atoms with Crippen LogP contribution in [0.25, 0.3) is 0 Å². The molecule has 1 aliphatic rings. The summed E-state index contributed by atoms with van der Waals surface area (Å²) in [6.45, 7) is 4.00. The summed E-state index contributed by atoms with van der Waals surface area (Å²) in [6.07, 6.45) is 3.84. The molecule has 0 unspecified atom stereocenters. The van der Waals surface area contributed by atoms with Crippen LogP contribution in [0.1, 0.15) is 42.4 Å². The molecular weight excluding hydrogens is 310 g/mol. The van der Waals surface area contributed by atoms with E-state index in [1.807, 2.05) is 6.07 Å². The van der Waals surface area contributed by atoms with Gasteiger partial charge in [0.25, 0.3) is 0 Å². The summed E-state index contributed by atoms with van der Waals surface area (Å²) in [5.41, 5.74) is 3.94. The number of aliphatic hydroxyl groups excluding tert-OH is 1. The van der Waals surface area contributed by atoms with Gasteiger partial charge in [-0.25, -0.2) is 0 Å². The van der Waals surface area contributed by atoms with Gasteiger partial charge in [-0.3, -0.25) is 4.90 Å². The maximum Gasteiger partial charge on any atom is 0.119 e. The van der Waals surface area contributed by atoms with E-state index >= 15 is 0 Å². The molecule has 2 aromatic rings. The molecule has 1 N–H and O–H groups in total. The number of aryl methyl sites for hydroxylation is 1. The lowest BCUT2D eigenvalue weighted by molar-refractivity contribution is 0.0665. The molecule has 25 heavy (non-hydrogen) atoms. The first kappa shape index (κ1) is 18.0. The fourth-order valence-electron chi connectivity index (χ4n) is 3.79. The SMILES string of the molecule is COc1cccc(CN(Cc2cccc(C)c2)C2CCC(O)CC2)c1. The van der Waals surface area contributed by atoms with Gasteiger partial charge < -0.3 is 9.84 Å². The van der Waals surface area contributed by atoms with E-state index in [9.17, 15) is 5.11 Å². The lowest BCUT2D eigenvalue weighted by Crippen LogP contribution is -2.38. The normalized spacial score (nSPS) is 20.6. The summed E-state index contributed by atoms with van der Waals surface area (Å²) in [5, 5.41) is 9.86. The zero-order valence-corrected chi connectivity index (χ0v) is 15.3. The number of rotatable bonds is 6. The van der Waals surface area contributed by atoms with Crippen LogP contribution >= 0.6 is 0 Å². The lowest BCUT2D eigenvalue weighted by atomic mass is 9.91. The molecular formula is C22H29NO2.